The highest BCUT2D eigenvalue weighted by Crippen LogP contribution is 2.36. The first-order valence-corrected chi connectivity index (χ1v) is 6.56. The average Bonchev–Trinajstić information content (AvgIpc) is 2.19. The molecule has 0 aromatic rings. The molecule has 0 aromatic carbocycles. The van der Waals surface area contributed by atoms with Crippen LogP contribution in [0.25, 0.3) is 0 Å². The number of Topliss-reactive ketones (excluding diaryl/α,β-unsaturated/α-hetero) is 1. The second kappa shape index (κ2) is 7.03. The van der Waals surface area contributed by atoms with E-state index in [1.165, 1.54) is 6.42 Å². The van der Waals surface area contributed by atoms with Gasteiger partial charge < -0.3 is 0 Å². The molecule has 15 heavy (non-hydrogen) atoms. The van der Waals surface area contributed by atoms with Gasteiger partial charge in [0.25, 0.3) is 0 Å². The van der Waals surface area contributed by atoms with Crippen LogP contribution in [0.4, 0.5) is 0 Å². The van der Waals surface area contributed by atoms with Crippen LogP contribution in [-0.4, -0.2) is 5.78 Å². The zero-order valence-electron chi connectivity index (χ0n) is 11.3. The van der Waals surface area contributed by atoms with Crippen LogP contribution in [0.3, 0.4) is 0 Å². The van der Waals surface area contributed by atoms with E-state index in [0.717, 1.165) is 12.8 Å². The first-order valence-electron chi connectivity index (χ1n) is 6.56. The van der Waals surface area contributed by atoms with Gasteiger partial charge in [0.2, 0.25) is 0 Å². The molecule has 0 spiro atoms. The van der Waals surface area contributed by atoms with Gasteiger partial charge in [-0.2, -0.15) is 0 Å². The average molecular weight is 212 g/mol. The fraction of sp³-hybridized carbons (Fsp3) is 0.929. The molecule has 1 aliphatic carbocycles. The number of rotatable bonds is 2. The van der Waals surface area contributed by atoms with Gasteiger partial charge in [0.15, 0.2) is 0 Å². The number of ketones is 1. The maximum atomic E-state index is 11.8. The first-order chi connectivity index (χ1) is 7.04. The number of hydrogen-bond acceptors (Lipinski definition) is 1. The SMILES string of the molecule is CC.CC(C)C1CCCC(=O)C1C(C)C. The molecule has 0 N–H and O–H groups in total. The Bertz CT molecular complexity index is 182. The van der Waals surface area contributed by atoms with Gasteiger partial charge in [0, 0.05) is 12.3 Å². The Hall–Kier alpha value is -0.330. The molecule has 1 nitrogen and oxygen atoms in total. The highest BCUT2D eigenvalue weighted by molar-refractivity contribution is 5.82. The Balaban J connectivity index is 0.000000921. The molecular weight excluding hydrogens is 184 g/mol. The third kappa shape index (κ3) is 3.96. The van der Waals surface area contributed by atoms with Crippen LogP contribution < -0.4 is 0 Å². The molecule has 1 rings (SSSR count). The molecule has 0 radical (unpaired) electrons. The van der Waals surface area contributed by atoms with Crippen molar-refractivity contribution in [1.29, 1.82) is 0 Å². The van der Waals surface area contributed by atoms with Crippen LogP contribution in [0.15, 0.2) is 0 Å². The van der Waals surface area contributed by atoms with Crippen LogP contribution in [0.1, 0.15) is 60.8 Å². The van der Waals surface area contributed by atoms with Crippen molar-refractivity contribution in [3.63, 3.8) is 0 Å². The third-order valence-electron chi connectivity index (χ3n) is 3.37. The molecule has 1 fully saturated rings. The molecule has 0 aromatic heterocycles. The minimum Gasteiger partial charge on any atom is -0.299 e. The van der Waals surface area contributed by atoms with Crippen LogP contribution in [0.5, 0.6) is 0 Å². The molecule has 0 amide bonds. The minimum absolute atomic E-state index is 0.341. The largest absolute Gasteiger partial charge is 0.299 e. The molecule has 2 unspecified atom stereocenters. The van der Waals surface area contributed by atoms with Gasteiger partial charge >= 0.3 is 0 Å². The normalized spacial score (nSPS) is 26.5. The summed E-state index contributed by atoms with van der Waals surface area (Å²) in [5, 5.41) is 0. The summed E-state index contributed by atoms with van der Waals surface area (Å²) in [5.74, 6) is 2.69. The van der Waals surface area contributed by atoms with Crippen molar-refractivity contribution in [3.05, 3.63) is 0 Å². The van der Waals surface area contributed by atoms with Crippen molar-refractivity contribution < 1.29 is 4.79 Å². The number of hydrogen-bond donors (Lipinski definition) is 0. The summed E-state index contributed by atoms with van der Waals surface area (Å²) in [7, 11) is 0. The van der Waals surface area contributed by atoms with Crippen molar-refractivity contribution in [1.82, 2.24) is 0 Å². The quantitative estimate of drug-likeness (QED) is 0.666. The summed E-state index contributed by atoms with van der Waals surface area (Å²) in [4.78, 5) is 11.8. The predicted octanol–water partition coefficient (Wildman–Crippen LogP) is 4.31. The van der Waals surface area contributed by atoms with Gasteiger partial charge in [0.05, 0.1) is 0 Å². The van der Waals surface area contributed by atoms with Gasteiger partial charge in [-0.3, -0.25) is 4.79 Å². The summed E-state index contributed by atoms with van der Waals surface area (Å²) in [6.07, 6.45) is 3.20. The molecule has 90 valence electrons. The number of carbonyl (C=O) groups is 1. The summed E-state index contributed by atoms with van der Waals surface area (Å²) in [5.41, 5.74) is 0. The van der Waals surface area contributed by atoms with Crippen LogP contribution >= 0.6 is 0 Å². The Kier molecular flexibility index (Phi) is 6.87. The Labute approximate surface area is 95.6 Å². The lowest BCUT2D eigenvalue weighted by Crippen LogP contribution is -2.35. The smallest absolute Gasteiger partial charge is 0.136 e. The highest BCUT2D eigenvalue weighted by Gasteiger charge is 2.35. The molecule has 1 aliphatic rings. The van der Waals surface area contributed by atoms with Gasteiger partial charge in [0.1, 0.15) is 5.78 Å². The zero-order chi connectivity index (χ0) is 12.0. The molecule has 2 atom stereocenters. The minimum atomic E-state index is 0.341. The van der Waals surface area contributed by atoms with Crippen molar-refractivity contribution in [2.75, 3.05) is 0 Å². The fourth-order valence-electron chi connectivity index (χ4n) is 2.71. The van der Waals surface area contributed by atoms with E-state index in [-0.39, 0.29) is 0 Å². The van der Waals surface area contributed by atoms with Crippen molar-refractivity contribution in [2.45, 2.75) is 60.8 Å². The highest BCUT2D eigenvalue weighted by atomic mass is 16.1. The van der Waals surface area contributed by atoms with E-state index in [0.29, 0.717) is 29.5 Å². The second-order valence-corrected chi connectivity index (χ2v) is 5.04. The molecule has 1 saturated carbocycles. The van der Waals surface area contributed by atoms with E-state index in [4.69, 9.17) is 0 Å². The molecule has 0 heterocycles. The van der Waals surface area contributed by atoms with Crippen molar-refractivity contribution in [2.24, 2.45) is 23.7 Å². The third-order valence-corrected chi connectivity index (χ3v) is 3.37. The summed E-state index contributed by atoms with van der Waals surface area (Å²) >= 11 is 0. The molecule has 0 bridgehead atoms. The summed E-state index contributed by atoms with van der Waals surface area (Å²) < 4.78 is 0. The van der Waals surface area contributed by atoms with E-state index in [1.54, 1.807) is 0 Å². The first kappa shape index (κ1) is 14.7. The maximum absolute atomic E-state index is 11.8. The lowest BCUT2D eigenvalue weighted by Gasteiger charge is -2.35. The van der Waals surface area contributed by atoms with E-state index in [1.807, 2.05) is 13.8 Å². The standard InChI is InChI=1S/C12H22O.C2H6/c1-8(2)10-6-5-7-11(13)12(10)9(3)4;1-2/h8-10,12H,5-7H2,1-4H3;1-2H3. The van der Waals surface area contributed by atoms with E-state index in [9.17, 15) is 4.79 Å². The Morgan fingerprint density at radius 3 is 1.93 bits per heavy atom. The molecule has 0 saturated heterocycles. The fourth-order valence-corrected chi connectivity index (χ4v) is 2.71. The van der Waals surface area contributed by atoms with Crippen molar-refractivity contribution >= 4 is 5.78 Å². The van der Waals surface area contributed by atoms with Gasteiger partial charge in [-0.05, 0) is 30.6 Å². The van der Waals surface area contributed by atoms with Gasteiger partial charge in [-0.25, -0.2) is 0 Å². The van der Waals surface area contributed by atoms with Crippen LogP contribution in [-0.2, 0) is 4.79 Å². The molecular formula is C14H28O. The molecule has 0 aliphatic heterocycles. The van der Waals surface area contributed by atoms with E-state index in [2.05, 4.69) is 27.7 Å². The monoisotopic (exact) mass is 212 g/mol. The maximum Gasteiger partial charge on any atom is 0.136 e. The van der Waals surface area contributed by atoms with Gasteiger partial charge in [-0.1, -0.05) is 41.5 Å². The van der Waals surface area contributed by atoms with E-state index >= 15 is 0 Å². The summed E-state index contributed by atoms with van der Waals surface area (Å²) in [6.45, 7) is 12.9. The topological polar surface area (TPSA) is 17.1 Å². The predicted molar refractivity (Wildman–Crippen MR) is 66.9 cm³/mol. The Morgan fingerprint density at radius 1 is 1.07 bits per heavy atom. The summed E-state index contributed by atoms with van der Waals surface area (Å²) in [6, 6.07) is 0. The zero-order valence-corrected chi connectivity index (χ0v) is 11.3. The number of carbonyl (C=O) groups excluding carboxylic acids is 1. The Morgan fingerprint density at radius 2 is 1.60 bits per heavy atom. The lowest BCUT2D eigenvalue weighted by atomic mass is 9.68. The van der Waals surface area contributed by atoms with Crippen LogP contribution in [0, 0.1) is 23.7 Å². The second-order valence-electron chi connectivity index (χ2n) is 5.04. The lowest BCUT2D eigenvalue weighted by molar-refractivity contribution is -0.129. The van der Waals surface area contributed by atoms with Crippen LogP contribution in [0.2, 0.25) is 0 Å². The van der Waals surface area contributed by atoms with E-state index < -0.39 is 0 Å². The van der Waals surface area contributed by atoms with Crippen molar-refractivity contribution in [3.8, 4) is 0 Å². The van der Waals surface area contributed by atoms with Gasteiger partial charge in [-0.15, -0.1) is 0 Å². The molecule has 1 heteroatoms.